The molecule has 4 aromatic rings. The van der Waals surface area contributed by atoms with Gasteiger partial charge in [0, 0.05) is 30.2 Å². The van der Waals surface area contributed by atoms with E-state index in [-0.39, 0.29) is 36.2 Å². The van der Waals surface area contributed by atoms with Crippen LogP contribution in [0.1, 0.15) is 40.0 Å². The Morgan fingerprint density at radius 3 is 2.19 bits per heavy atom. The molecule has 2 N–H and O–H groups in total. The number of carbonyl (C=O) groups excluding carboxylic acids is 3. The number of hydrogen-bond acceptors (Lipinski definition) is 7. The standard InChI is InChI=1S/C32H27N3O7/c1-20(15-29(36)21-9-3-2-4-10-21)42-30(37)28(16-22-17-35(19-33-22)32(39)40)34-31(38)41-18-27-25-13-7-5-11-23(25)24-12-6-8-14-26(24)27/h2-15,17,19,27-28H,16,18H2,1H3,(H,34,38)(H,39,40)/b20-15+/t28-/m0/s1. The molecular weight excluding hydrogens is 538 g/mol. The summed E-state index contributed by atoms with van der Waals surface area (Å²) in [5.74, 6) is -1.40. The van der Waals surface area contributed by atoms with Gasteiger partial charge < -0.3 is 19.9 Å². The quantitative estimate of drug-likeness (QED) is 0.122. The zero-order valence-electron chi connectivity index (χ0n) is 22.6. The maximum absolute atomic E-state index is 13.1. The number of allylic oxidation sites excluding steroid dienone is 2. The molecule has 0 bridgehead atoms. The SMILES string of the molecule is C/C(=C\C(=O)c1ccccc1)OC(=O)[C@H](Cc1cn(C(=O)O)cn1)NC(=O)OCC1c2ccccc2-c2ccccc21. The van der Waals surface area contributed by atoms with Gasteiger partial charge in [-0.1, -0.05) is 78.9 Å². The van der Waals surface area contributed by atoms with E-state index in [0.29, 0.717) is 5.56 Å². The number of imidazole rings is 1. The largest absolute Gasteiger partial charge is 0.464 e. The Kier molecular flexibility index (Phi) is 8.24. The third-order valence-corrected chi connectivity index (χ3v) is 6.84. The van der Waals surface area contributed by atoms with Crippen molar-refractivity contribution in [3.05, 3.63) is 126 Å². The third-order valence-electron chi connectivity index (χ3n) is 6.84. The van der Waals surface area contributed by atoms with Crippen LogP contribution in [0, 0.1) is 0 Å². The van der Waals surface area contributed by atoms with E-state index in [1.165, 1.54) is 19.2 Å². The second-order valence-corrected chi connectivity index (χ2v) is 9.69. The first kappa shape index (κ1) is 28.0. The highest BCUT2D eigenvalue weighted by atomic mass is 16.6. The topological polar surface area (TPSA) is 137 Å². The number of benzene rings is 3. The highest BCUT2D eigenvalue weighted by molar-refractivity contribution is 6.04. The number of rotatable bonds is 9. The van der Waals surface area contributed by atoms with Gasteiger partial charge in [0.05, 0.1) is 5.69 Å². The fraction of sp³-hybridized carbons (Fsp3) is 0.156. The number of nitrogens with one attached hydrogen (secondary N) is 1. The van der Waals surface area contributed by atoms with Gasteiger partial charge in [-0.3, -0.25) is 4.79 Å². The maximum atomic E-state index is 13.1. The summed E-state index contributed by atoms with van der Waals surface area (Å²) in [6.07, 6.45) is 1.19. The number of alkyl carbamates (subject to hydrolysis) is 1. The number of carboxylic acid groups (broad SMARTS) is 1. The molecular formula is C32H27N3O7. The normalized spacial score (nSPS) is 13.0. The summed E-state index contributed by atoms with van der Waals surface area (Å²) in [7, 11) is 0. The second-order valence-electron chi connectivity index (χ2n) is 9.69. The predicted molar refractivity (Wildman–Crippen MR) is 152 cm³/mol. The Morgan fingerprint density at radius 2 is 1.57 bits per heavy atom. The number of amides is 1. The molecule has 5 rings (SSSR count). The Morgan fingerprint density at radius 1 is 0.952 bits per heavy atom. The van der Waals surface area contributed by atoms with Crippen molar-refractivity contribution in [2.75, 3.05) is 6.61 Å². The Hall–Kier alpha value is -5.51. The number of ketones is 1. The number of ether oxygens (including phenoxy) is 2. The first-order valence-corrected chi connectivity index (χ1v) is 13.2. The van der Waals surface area contributed by atoms with E-state index in [9.17, 15) is 24.3 Å². The van der Waals surface area contributed by atoms with Crippen LogP contribution >= 0.6 is 0 Å². The summed E-state index contributed by atoms with van der Waals surface area (Å²) in [5, 5.41) is 11.7. The van der Waals surface area contributed by atoms with Crippen molar-refractivity contribution in [1.29, 1.82) is 0 Å². The van der Waals surface area contributed by atoms with E-state index >= 15 is 0 Å². The van der Waals surface area contributed by atoms with Crippen molar-refractivity contribution in [3.63, 3.8) is 0 Å². The van der Waals surface area contributed by atoms with Crippen LogP contribution in [0.2, 0.25) is 0 Å². The summed E-state index contributed by atoms with van der Waals surface area (Å²) in [5.41, 5.74) is 4.85. The molecule has 1 aliphatic rings. The molecule has 212 valence electrons. The summed E-state index contributed by atoms with van der Waals surface area (Å²) in [6, 6.07) is 23.0. The zero-order chi connectivity index (χ0) is 29.6. The number of carbonyl (C=O) groups is 4. The molecule has 1 aliphatic carbocycles. The molecule has 42 heavy (non-hydrogen) atoms. The predicted octanol–water partition coefficient (Wildman–Crippen LogP) is 5.19. The monoisotopic (exact) mass is 565 g/mol. The Balaban J connectivity index is 1.29. The molecule has 10 heteroatoms. The second kappa shape index (κ2) is 12.3. The van der Waals surface area contributed by atoms with Crippen molar-refractivity contribution in [1.82, 2.24) is 14.9 Å². The molecule has 1 aromatic heterocycles. The molecule has 1 atom stereocenters. The number of fused-ring (bicyclic) bond motifs is 3. The smallest absolute Gasteiger partial charge is 0.416 e. The first-order valence-electron chi connectivity index (χ1n) is 13.2. The molecule has 0 saturated carbocycles. The molecule has 0 fully saturated rings. The van der Waals surface area contributed by atoms with Crippen LogP contribution in [0.5, 0.6) is 0 Å². The van der Waals surface area contributed by atoms with Gasteiger partial charge in [0.2, 0.25) is 0 Å². The number of aromatic nitrogens is 2. The molecule has 0 radical (unpaired) electrons. The lowest BCUT2D eigenvalue weighted by Gasteiger charge is -2.19. The van der Waals surface area contributed by atoms with Gasteiger partial charge in [-0.15, -0.1) is 0 Å². The number of nitrogens with zero attached hydrogens (tertiary/aromatic N) is 2. The van der Waals surface area contributed by atoms with Gasteiger partial charge in [0.1, 0.15) is 24.7 Å². The van der Waals surface area contributed by atoms with Crippen LogP contribution in [-0.4, -0.2) is 51.2 Å². The lowest BCUT2D eigenvalue weighted by molar-refractivity contribution is -0.141. The summed E-state index contributed by atoms with van der Waals surface area (Å²) in [4.78, 5) is 53.9. The van der Waals surface area contributed by atoms with E-state index in [2.05, 4.69) is 10.3 Å². The molecule has 3 aromatic carbocycles. The van der Waals surface area contributed by atoms with Gasteiger partial charge in [0.25, 0.3) is 0 Å². The van der Waals surface area contributed by atoms with Gasteiger partial charge in [-0.25, -0.2) is 23.9 Å². The Bertz CT molecular complexity index is 1630. The lowest BCUT2D eigenvalue weighted by atomic mass is 9.98. The average molecular weight is 566 g/mol. The van der Waals surface area contributed by atoms with Crippen LogP contribution < -0.4 is 5.32 Å². The molecule has 0 unspecified atom stereocenters. The van der Waals surface area contributed by atoms with Crippen molar-refractivity contribution < 1.29 is 33.8 Å². The molecule has 0 spiro atoms. The highest BCUT2D eigenvalue weighted by Crippen LogP contribution is 2.44. The Labute approximate surface area is 241 Å². The molecule has 10 nitrogen and oxygen atoms in total. The highest BCUT2D eigenvalue weighted by Gasteiger charge is 2.30. The third kappa shape index (κ3) is 6.28. The number of esters is 1. The fourth-order valence-electron chi connectivity index (χ4n) is 4.89. The summed E-state index contributed by atoms with van der Waals surface area (Å²) < 4.78 is 11.8. The van der Waals surface area contributed by atoms with Crippen molar-refractivity contribution in [3.8, 4) is 11.1 Å². The van der Waals surface area contributed by atoms with E-state index in [4.69, 9.17) is 9.47 Å². The summed E-state index contributed by atoms with van der Waals surface area (Å²) >= 11 is 0. The van der Waals surface area contributed by atoms with Crippen LogP contribution in [0.15, 0.2) is 103 Å². The van der Waals surface area contributed by atoms with Crippen LogP contribution in [0.4, 0.5) is 9.59 Å². The molecule has 1 heterocycles. The molecule has 1 amide bonds. The van der Waals surface area contributed by atoms with Gasteiger partial charge in [0.15, 0.2) is 5.78 Å². The van der Waals surface area contributed by atoms with E-state index in [1.807, 2.05) is 48.5 Å². The van der Waals surface area contributed by atoms with Gasteiger partial charge in [-0.05, 0) is 29.2 Å². The van der Waals surface area contributed by atoms with Crippen LogP contribution in [0.25, 0.3) is 11.1 Å². The van der Waals surface area contributed by atoms with Crippen LogP contribution in [-0.2, 0) is 20.7 Å². The van der Waals surface area contributed by atoms with Crippen molar-refractivity contribution in [2.24, 2.45) is 0 Å². The molecule has 0 aliphatic heterocycles. The fourth-order valence-corrected chi connectivity index (χ4v) is 4.89. The minimum atomic E-state index is -1.28. The molecule has 0 saturated heterocycles. The average Bonchev–Trinajstić information content (AvgIpc) is 3.59. The van der Waals surface area contributed by atoms with Crippen molar-refractivity contribution >= 4 is 23.9 Å². The van der Waals surface area contributed by atoms with Crippen LogP contribution in [0.3, 0.4) is 0 Å². The lowest BCUT2D eigenvalue weighted by Crippen LogP contribution is -2.44. The van der Waals surface area contributed by atoms with Gasteiger partial charge in [-0.2, -0.15) is 0 Å². The van der Waals surface area contributed by atoms with Crippen molar-refractivity contribution in [2.45, 2.75) is 25.3 Å². The minimum Gasteiger partial charge on any atom is -0.464 e. The van der Waals surface area contributed by atoms with Gasteiger partial charge >= 0.3 is 18.2 Å². The summed E-state index contributed by atoms with van der Waals surface area (Å²) in [6.45, 7) is 1.47. The minimum absolute atomic E-state index is 0.0178. The number of hydrogen-bond donors (Lipinski definition) is 2. The van der Waals surface area contributed by atoms with E-state index in [1.54, 1.807) is 30.3 Å². The maximum Gasteiger partial charge on any atom is 0.416 e. The zero-order valence-corrected chi connectivity index (χ0v) is 22.6. The van der Waals surface area contributed by atoms with E-state index < -0.39 is 24.2 Å². The van der Waals surface area contributed by atoms with E-state index in [0.717, 1.165) is 33.1 Å². The first-order chi connectivity index (χ1) is 20.3.